The first-order chi connectivity index (χ1) is 13.9. The highest BCUT2D eigenvalue weighted by Crippen LogP contribution is 2.20. The van der Waals surface area contributed by atoms with E-state index in [2.05, 4.69) is 87.5 Å². The molecule has 6 nitrogen and oxygen atoms in total. The van der Waals surface area contributed by atoms with Gasteiger partial charge in [-0.15, -0.1) is 0 Å². The Bertz CT molecular complexity index is 797. The molecular formula is C23H36N6. The van der Waals surface area contributed by atoms with Crippen LogP contribution < -0.4 is 10.6 Å². The predicted molar refractivity (Wildman–Crippen MR) is 120 cm³/mol. The molecular weight excluding hydrogens is 360 g/mol. The van der Waals surface area contributed by atoms with Gasteiger partial charge < -0.3 is 10.6 Å². The third-order valence-corrected chi connectivity index (χ3v) is 5.70. The maximum atomic E-state index is 4.57. The van der Waals surface area contributed by atoms with E-state index < -0.39 is 0 Å². The van der Waals surface area contributed by atoms with Crippen LogP contribution in [-0.4, -0.2) is 52.9 Å². The largest absolute Gasteiger partial charge is 0.356 e. The molecule has 1 saturated heterocycles. The lowest BCUT2D eigenvalue weighted by Gasteiger charge is -2.21. The molecule has 2 N–H and O–H groups in total. The third-order valence-electron chi connectivity index (χ3n) is 5.70. The van der Waals surface area contributed by atoms with Crippen molar-refractivity contribution in [2.24, 2.45) is 10.9 Å². The molecule has 29 heavy (non-hydrogen) atoms. The number of hydrogen-bond acceptors (Lipinski definition) is 3. The fourth-order valence-corrected chi connectivity index (χ4v) is 4.12. The van der Waals surface area contributed by atoms with Crippen LogP contribution in [0.25, 0.3) is 0 Å². The quantitative estimate of drug-likeness (QED) is 0.558. The van der Waals surface area contributed by atoms with E-state index in [1.807, 2.05) is 14.0 Å². The Hall–Kier alpha value is -2.34. The van der Waals surface area contributed by atoms with Gasteiger partial charge in [-0.05, 0) is 44.7 Å². The van der Waals surface area contributed by atoms with Crippen LogP contribution in [0.2, 0.25) is 0 Å². The Morgan fingerprint density at radius 2 is 2.03 bits per heavy atom. The Morgan fingerprint density at radius 3 is 2.69 bits per heavy atom. The summed E-state index contributed by atoms with van der Waals surface area (Å²) in [6.07, 6.45) is 1.13. The van der Waals surface area contributed by atoms with Crippen LogP contribution in [0.3, 0.4) is 0 Å². The van der Waals surface area contributed by atoms with Crippen LogP contribution in [0.5, 0.6) is 0 Å². The van der Waals surface area contributed by atoms with Crippen LogP contribution in [-0.2, 0) is 13.1 Å². The minimum Gasteiger partial charge on any atom is -0.356 e. The maximum absolute atomic E-state index is 4.57. The first-order valence-electron chi connectivity index (χ1n) is 10.7. The zero-order chi connectivity index (χ0) is 20.8. The van der Waals surface area contributed by atoms with Gasteiger partial charge in [0.25, 0.3) is 0 Å². The van der Waals surface area contributed by atoms with Gasteiger partial charge in [0.2, 0.25) is 0 Å². The molecule has 2 heterocycles. The number of aliphatic imine (C=N–C) groups is 1. The topological polar surface area (TPSA) is 57.5 Å². The molecule has 0 spiro atoms. The number of aromatic nitrogens is 2. The van der Waals surface area contributed by atoms with Crippen molar-refractivity contribution < 1.29 is 0 Å². The van der Waals surface area contributed by atoms with Gasteiger partial charge in [-0.2, -0.15) is 5.10 Å². The van der Waals surface area contributed by atoms with E-state index >= 15 is 0 Å². The van der Waals surface area contributed by atoms with E-state index in [4.69, 9.17) is 0 Å². The minimum absolute atomic E-state index is 0.422. The molecule has 1 aliphatic heterocycles. The average molecular weight is 397 g/mol. The van der Waals surface area contributed by atoms with Gasteiger partial charge in [0.1, 0.15) is 0 Å². The van der Waals surface area contributed by atoms with Crippen LogP contribution in [0.1, 0.15) is 37.2 Å². The minimum atomic E-state index is 0.422. The molecule has 0 radical (unpaired) electrons. The first-order valence-corrected chi connectivity index (χ1v) is 10.7. The van der Waals surface area contributed by atoms with Crippen molar-refractivity contribution in [1.29, 1.82) is 0 Å². The first kappa shape index (κ1) is 21.4. The Morgan fingerprint density at radius 1 is 1.28 bits per heavy atom. The summed E-state index contributed by atoms with van der Waals surface area (Å²) in [6, 6.07) is 13.8. The number of nitrogens with one attached hydrogen (secondary N) is 2. The monoisotopic (exact) mass is 396 g/mol. The van der Waals surface area contributed by atoms with Crippen LogP contribution >= 0.6 is 0 Å². The van der Waals surface area contributed by atoms with Crippen molar-refractivity contribution in [3.8, 4) is 0 Å². The molecule has 2 aromatic rings. The summed E-state index contributed by atoms with van der Waals surface area (Å²) in [5.74, 6) is 1.35. The lowest BCUT2D eigenvalue weighted by molar-refractivity contribution is 0.258. The number of aryl methyl sites for hydroxylation is 2. The number of likely N-dealkylation sites (tertiary alicyclic amines) is 1. The molecule has 0 amide bonds. The van der Waals surface area contributed by atoms with Crippen molar-refractivity contribution in [3.63, 3.8) is 0 Å². The Labute approximate surface area is 175 Å². The fraction of sp³-hybridized carbons (Fsp3) is 0.565. The average Bonchev–Trinajstić information content (AvgIpc) is 3.20. The number of hydrogen-bond donors (Lipinski definition) is 2. The predicted octanol–water partition coefficient (Wildman–Crippen LogP) is 2.96. The van der Waals surface area contributed by atoms with Gasteiger partial charge in [0.15, 0.2) is 5.96 Å². The summed E-state index contributed by atoms with van der Waals surface area (Å²) in [7, 11) is 1.85. The molecule has 0 aliphatic carbocycles. The van der Waals surface area contributed by atoms with Crippen molar-refractivity contribution >= 4 is 5.96 Å². The van der Waals surface area contributed by atoms with Gasteiger partial charge in [-0.25, -0.2) is 0 Å². The molecule has 3 atom stereocenters. The highest BCUT2D eigenvalue weighted by Gasteiger charge is 2.29. The van der Waals surface area contributed by atoms with Gasteiger partial charge in [0, 0.05) is 51.0 Å². The zero-order valence-electron chi connectivity index (χ0n) is 18.5. The summed E-state index contributed by atoms with van der Waals surface area (Å²) in [5.41, 5.74) is 3.67. The lowest BCUT2D eigenvalue weighted by atomic mass is 10.2. The van der Waals surface area contributed by atoms with Gasteiger partial charge in [0.05, 0.1) is 5.69 Å². The van der Waals surface area contributed by atoms with E-state index in [-0.39, 0.29) is 0 Å². The van der Waals surface area contributed by atoms with E-state index in [1.54, 1.807) is 0 Å². The summed E-state index contributed by atoms with van der Waals surface area (Å²) in [5, 5.41) is 11.7. The summed E-state index contributed by atoms with van der Waals surface area (Å²) in [4.78, 5) is 6.99. The van der Waals surface area contributed by atoms with E-state index in [1.165, 1.54) is 11.3 Å². The summed E-state index contributed by atoms with van der Waals surface area (Å²) < 4.78 is 2.10. The molecule has 3 rings (SSSR count). The molecule has 0 saturated carbocycles. The number of nitrogens with zero attached hydrogens (tertiary/aromatic N) is 4. The van der Waals surface area contributed by atoms with Crippen molar-refractivity contribution in [2.45, 2.75) is 59.3 Å². The van der Waals surface area contributed by atoms with Crippen LogP contribution in [0.15, 0.2) is 41.4 Å². The van der Waals surface area contributed by atoms with Gasteiger partial charge >= 0.3 is 0 Å². The highest BCUT2D eigenvalue weighted by molar-refractivity contribution is 5.80. The summed E-state index contributed by atoms with van der Waals surface area (Å²) in [6.45, 7) is 12.5. The second-order valence-electron chi connectivity index (χ2n) is 8.51. The molecule has 1 fully saturated rings. The van der Waals surface area contributed by atoms with E-state index in [0.29, 0.717) is 18.0 Å². The van der Waals surface area contributed by atoms with Crippen LogP contribution in [0.4, 0.5) is 0 Å². The molecule has 6 heteroatoms. The zero-order valence-corrected chi connectivity index (χ0v) is 18.5. The van der Waals surface area contributed by atoms with Crippen LogP contribution in [0, 0.1) is 19.8 Å². The molecule has 0 bridgehead atoms. The van der Waals surface area contributed by atoms with E-state index in [0.717, 1.165) is 44.3 Å². The van der Waals surface area contributed by atoms with Gasteiger partial charge in [-0.3, -0.25) is 14.6 Å². The Kier molecular flexibility index (Phi) is 7.31. The van der Waals surface area contributed by atoms with Gasteiger partial charge in [-0.1, -0.05) is 37.3 Å². The molecule has 3 unspecified atom stereocenters. The molecule has 1 aromatic carbocycles. The number of rotatable bonds is 7. The second-order valence-corrected chi connectivity index (χ2v) is 8.51. The number of benzene rings is 1. The smallest absolute Gasteiger partial charge is 0.191 e. The fourth-order valence-electron chi connectivity index (χ4n) is 4.12. The maximum Gasteiger partial charge on any atom is 0.191 e. The number of guanidine groups is 1. The van der Waals surface area contributed by atoms with E-state index in [9.17, 15) is 0 Å². The third kappa shape index (κ3) is 6.07. The second kappa shape index (κ2) is 9.92. The Balaban J connectivity index is 1.45. The summed E-state index contributed by atoms with van der Waals surface area (Å²) >= 11 is 0. The standard InChI is InChI=1S/C23H36N6/c1-17(14-29-20(4)11-18(2)27-29)13-25-23(24-5)26-22-12-19(3)28(16-22)15-21-9-7-6-8-10-21/h6-11,17,19,22H,12-16H2,1-5H3,(H2,24,25,26). The highest BCUT2D eigenvalue weighted by atomic mass is 15.3. The SMILES string of the molecule is CN=C(NCC(C)Cn1nc(C)cc1C)NC1CC(C)N(Cc2ccccc2)C1. The molecule has 158 valence electrons. The van der Waals surface area contributed by atoms with Crippen molar-refractivity contribution in [2.75, 3.05) is 20.1 Å². The van der Waals surface area contributed by atoms with Crippen molar-refractivity contribution in [1.82, 2.24) is 25.3 Å². The molecule has 1 aromatic heterocycles. The molecule has 1 aliphatic rings. The normalized spacial score (nSPS) is 21.3. The van der Waals surface area contributed by atoms with Crippen molar-refractivity contribution in [3.05, 3.63) is 53.3 Å². The lowest BCUT2D eigenvalue weighted by Crippen LogP contribution is -2.46.